The number of amides is 1. The van der Waals surface area contributed by atoms with Crippen molar-refractivity contribution in [3.05, 3.63) is 70.7 Å². The summed E-state index contributed by atoms with van der Waals surface area (Å²) >= 11 is 1.29. The van der Waals surface area contributed by atoms with E-state index in [1.807, 2.05) is 54.6 Å². The number of carbonyl (C=O) groups excluding carboxylic acids is 1. The van der Waals surface area contributed by atoms with Crippen LogP contribution < -0.4 is 10.1 Å². The molecule has 0 saturated carbocycles. The number of thiazole rings is 1. The minimum atomic E-state index is -0.936. The van der Waals surface area contributed by atoms with Crippen molar-refractivity contribution < 1.29 is 19.4 Å². The van der Waals surface area contributed by atoms with Gasteiger partial charge in [-0.25, -0.2) is 4.98 Å². The van der Waals surface area contributed by atoms with Crippen molar-refractivity contribution in [3.8, 4) is 16.9 Å². The molecule has 0 saturated heterocycles. The van der Waals surface area contributed by atoms with Crippen LogP contribution in [0.25, 0.3) is 11.1 Å². The van der Waals surface area contributed by atoms with Crippen LogP contribution in [0.3, 0.4) is 0 Å². The fourth-order valence-electron chi connectivity index (χ4n) is 2.67. The number of carboxylic acids is 1. The normalized spacial score (nSPS) is 10.4. The molecular weight excluding hydrogens is 376 g/mol. The van der Waals surface area contributed by atoms with Gasteiger partial charge >= 0.3 is 5.97 Å². The van der Waals surface area contributed by atoms with E-state index in [1.54, 1.807) is 5.38 Å². The van der Waals surface area contributed by atoms with Gasteiger partial charge in [0, 0.05) is 10.9 Å². The molecule has 0 fully saturated rings. The topological polar surface area (TPSA) is 88.5 Å². The van der Waals surface area contributed by atoms with Crippen LogP contribution in [0, 0.1) is 0 Å². The number of aromatic nitrogens is 1. The van der Waals surface area contributed by atoms with E-state index in [2.05, 4.69) is 10.3 Å². The molecule has 6 nitrogen and oxygen atoms in total. The van der Waals surface area contributed by atoms with Gasteiger partial charge in [-0.1, -0.05) is 48.5 Å². The molecule has 0 radical (unpaired) electrons. The molecule has 28 heavy (non-hydrogen) atoms. The Balaban J connectivity index is 1.47. The Morgan fingerprint density at radius 1 is 1.04 bits per heavy atom. The van der Waals surface area contributed by atoms with E-state index in [0.717, 1.165) is 16.9 Å². The Labute approximate surface area is 166 Å². The molecule has 3 rings (SSSR count). The van der Waals surface area contributed by atoms with Crippen LogP contribution >= 0.6 is 11.3 Å². The number of benzene rings is 2. The largest absolute Gasteiger partial charge is 0.491 e. The lowest BCUT2D eigenvalue weighted by Gasteiger charge is -2.12. The summed E-state index contributed by atoms with van der Waals surface area (Å²) in [5.74, 6) is -0.341. The summed E-state index contributed by atoms with van der Waals surface area (Å²) < 4.78 is 5.85. The van der Waals surface area contributed by atoms with E-state index >= 15 is 0 Å². The van der Waals surface area contributed by atoms with Crippen LogP contribution in [0.2, 0.25) is 0 Å². The van der Waals surface area contributed by atoms with Crippen LogP contribution in [0.15, 0.2) is 60.0 Å². The third kappa shape index (κ3) is 5.65. The van der Waals surface area contributed by atoms with Gasteiger partial charge < -0.3 is 15.2 Å². The van der Waals surface area contributed by atoms with Crippen molar-refractivity contribution in [1.29, 1.82) is 0 Å². The van der Waals surface area contributed by atoms with Crippen molar-refractivity contribution in [1.82, 2.24) is 10.3 Å². The van der Waals surface area contributed by atoms with E-state index in [1.165, 1.54) is 11.3 Å². The molecule has 0 aliphatic heterocycles. The highest BCUT2D eigenvalue weighted by Gasteiger charge is 2.10. The highest BCUT2D eigenvalue weighted by molar-refractivity contribution is 7.09. The van der Waals surface area contributed by atoms with Gasteiger partial charge in [-0.3, -0.25) is 9.59 Å². The van der Waals surface area contributed by atoms with E-state index < -0.39 is 5.97 Å². The maximum atomic E-state index is 12.0. The highest BCUT2D eigenvalue weighted by atomic mass is 32.1. The van der Waals surface area contributed by atoms with E-state index in [-0.39, 0.29) is 18.7 Å². The Hall–Kier alpha value is -3.19. The molecule has 1 aromatic heterocycles. The lowest BCUT2D eigenvalue weighted by molar-refractivity contribution is -0.136. The predicted molar refractivity (Wildman–Crippen MR) is 108 cm³/mol. The average Bonchev–Trinajstić information content (AvgIpc) is 3.12. The smallest absolute Gasteiger partial charge is 0.309 e. The molecule has 0 atom stereocenters. The maximum Gasteiger partial charge on any atom is 0.309 e. The minimum Gasteiger partial charge on any atom is -0.491 e. The van der Waals surface area contributed by atoms with Crippen molar-refractivity contribution in [2.75, 3.05) is 13.2 Å². The molecule has 2 N–H and O–H groups in total. The second kappa shape index (κ2) is 9.66. The molecule has 2 aromatic carbocycles. The van der Waals surface area contributed by atoms with Crippen LogP contribution in [0.4, 0.5) is 0 Å². The lowest BCUT2D eigenvalue weighted by atomic mass is 10.1. The number of aliphatic carboxylic acids is 1. The van der Waals surface area contributed by atoms with Crippen molar-refractivity contribution in [2.24, 2.45) is 0 Å². The second-order valence-electron chi connectivity index (χ2n) is 6.04. The quantitative estimate of drug-likeness (QED) is 0.543. The van der Waals surface area contributed by atoms with Crippen molar-refractivity contribution in [2.45, 2.75) is 12.8 Å². The first kappa shape index (κ1) is 19.6. The molecule has 0 bridgehead atoms. The molecule has 1 amide bonds. The molecular formula is C21H20N2O4S. The predicted octanol–water partition coefficient (Wildman–Crippen LogP) is 3.17. The van der Waals surface area contributed by atoms with Gasteiger partial charge in [-0.05, 0) is 11.6 Å². The zero-order chi connectivity index (χ0) is 19.8. The van der Waals surface area contributed by atoms with Gasteiger partial charge in [0.25, 0.3) is 0 Å². The van der Waals surface area contributed by atoms with E-state index in [4.69, 9.17) is 9.84 Å². The number of carboxylic acid groups (broad SMARTS) is 1. The monoisotopic (exact) mass is 396 g/mol. The Bertz CT molecular complexity index is 940. The van der Waals surface area contributed by atoms with E-state index in [9.17, 15) is 9.59 Å². The van der Waals surface area contributed by atoms with Crippen LogP contribution in [-0.2, 0) is 22.4 Å². The fraction of sp³-hybridized carbons (Fsp3) is 0.190. The first-order valence-electron chi connectivity index (χ1n) is 8.81. The SMILES string of the molecule is O=C(O)Cc1csc(CC(=O)NCCOc2ccccc2-c2ccccc2)n1. The number of rotatable bonds is 9. The zero-order valence-corrected chi connectivity index (χ0v) is 15.9. The third-order valence-electron chi connectivity index (χ3n) is 3.90. The van der Waals surface area contributed by atoms with Crippen LogP contribution in [-0.4, -0.2) is 35.1 Å². The molecule has 0 aliphatic rings. The van der Waals surface area contributed by atoms with E-state index in [0.29, 0.717) is 23.9 Å². The van der Waals surface area contributed by atoms with Gasteiger partial charge in [-0.2, -0.15) is 0 Å². The molecule has 0 aliphatic carbocycles. The summed E-state index contributed by atoms with van der Waals surface area (Å²) in [5.41, 5.74) is 2.55. The third-order valence-corrected chi connectivity index (χ3v) is 4.79. The zero-order valence-electron chi connectivity index (χ0n) is 15.1. The molecule has 1 heterocycles. The number of nitrogens with zero attached hydrogens (tertiary/aromatic N) is 1. The summed E-state index contributed by atoms with van der Waals surface area (Å²) in [6, 6.07) is 17.8. The van der Waals surface area contributed by atoms with Gasteiger partial charge in [0.1, 0.15) is 17.4 Å². The van der Waals surface area contributed by atoms with Gasteiger partial charge in [0.2, 0.25) is 5.91 Å². The van der Waals surface area contributed by atoms with Crippen molar-refractivity contribution >= 4 is 23.2 Å². The lowest BCUT2D eigenvalue weighted by Crippen LogP contribution is -2.29. The first-order chi connectivity index (χ1) is 13.6. The number of carbonyl (C=O) groups is 2. The molecule has 0 spiro atoms. The standard InChI is InChI=1S/C21H20N2O4S/c24-19(13-20-23-16(14-28-20)12-21(25)26)22-10-11-27-18-9-5-4-8-17(18)15-6-2-1-3-7-15/h1-9,14H,10-13H2,(H,22,24)(H,25,26). The second-order valence-corrected chi connectivity index (χ2v) is 6.98. The van der Waals surface area contributed by atoms with Crippen molar-refractivity contribution in [3.63, 3.8) is 0 Å². The number of hydrogen-bond acceptors (Lipinski definition) is 5. The fourth-order valence-corrected chi connectivity index (χ4v) is 3.46. The average molecular weight is 396 g/mol. The number of nitrogens with one attached hydrogen (secondary N) is 1. The first-order valence-corrected chi connectivity index (χ1v) is 9.69. The van der Waals surface area contributed by atoms with Gasteiger partial charge in [-0.15, -0.1) is 11.3 Å². The number of hydrogen-bond donors (Lipinski definition) is 2. The van der Waals surface area contributed by atoms with Gasteiger partial charge in [0.15, 0.2) is 0 Å². The molecule has 0 unspecified atom stereocenters. The Kier molecular flexibility index (Phi) is 6.75. The number of ether oxygens (including phenoxy) is 1. The number of para-hydroxylation sites is 1. The maximum absolute atomic E-state index is 12.0. The highest BCUT2D eigenvalue weighted by Crippen LogP contribution is 2.29. The van der Waals surface area contributed by atoms with Crippen LogP contribution in [0.5, 0.6) is 5.75 Å². The minimum absolute atomic E-state index is 0.130. The Morgan fingerprint density at radius 3 is 2.57 bits per heavy atom. The molecule has 7 heteroatoms. The Morgan fingerprint density at radius 2 is 1.79 bits per heavy atom. The summed E-state index contributed by atoms with van der Waals surface area (Å²) in [4.78, 5) is 26.9. The molecule has 3 aromatic rings. The van der Waals surface area contributed by atoms with Gasteiger partial charge in [0.05, 0.1) is 25.1 Å². The summed E-state index contributed by atoms with van der Waals surface area (Å²) in [5, 5.41) is 13.8. The summed E-state index contributed by atoms with van der Waals surface area (Å²) in [6.07, 6.45) is -0.00231. The summed E-state index contributed by atoms with van der Waals surface area (Å²) in [6.45, 7) is 0.715. The van der Waals surface area contributed by atoms with Crippen LogP contribution in [0.1, 0.15) is 10.7 Å². The summed E-state index contributed by atoms with van der Waals surface area (Å²) in [7, 11) is 0. The molecule has 144 valence electrons.